The van der Waals surface area contributed by atoms with Gasteiger partial charge in [-0.25, -0.2) is 8.78 Å². The first-order valence-electron chi connectivity index (χ1n) is 5.01. The van der Waals surface area contributed by atoms with Gasteiger partial charge in [0.2, 0.25) is 0 Å². The van der Waals surface area contributed by atoms with Crippen molar-refractivity contribution in [2.45, 2.75) is 18.9 Å². The minimum atomic E-state index is -2.48. The Morgan fingerprint density at radius 3 is 2.38 bits per heavy atom. The first kappa shape index (κ1) is 12.9. The van der Waals surface area contributed by atoms with Gasteiger partial charge in [-0.05, 0) is 24.1 Å². The third kappa shape index (κ3) is 4.12. The molecule has 90 valence electrons. The number of ether oxygens (including phenoxy) is 1. The van der Waals surface area contributed by atoms with Crippen molar-refractivity contribution >= 4 is 0 Å². The number of hydrogen-bond donors (Lipinski definition) is 2. The number of hydrogen-bond acceptors (Lipinski definition) is 3. The molecular formula is C11H15F2NO2. The third-order valence-electron chi connectivity index (χ3n) is 2.12. The Bertz CT molecular complexity index is 303. The third-order valence-corrected chi connectivity index (χ3v) is 2.12. The molecule has 0 amide bonds. The van der Waals surface area contributed by atoms with Crippen molar-refractivity contribution < 1.29 is 18.6 Å². The lowest BCUT2D eigenvalue weighted by Crippen LogP contribution is -2.12. The number of nitrogens with two attached hydrogens (primary N) is 1. The molecule has 3 nitrogen and oxygen atoms in total. The summed E-state index contributed by atoms with van der Waals surface area (Å²) in [5.74, 6) is 0.389. The van der Waals surface area contributed by atoms with Gasteiger partial charge in [-0.15, -0.1) is 0 Å². The average Bonchev–Trinajstić information content (AvgIpc) is 2.27. The first-order valence-corrected chi connectivity index (χ1v) is 5.01. The van der Waals surface area contributed by atoms with E-state index in [0.29, 0.717) is 12.2 Å². The second-order valence-electron chi connectivity index (χ2n) is 3.39. The molecule has 0 heterocycles. The van der Waals surface area contributed by atoms with Gasteiger partial charge >= 0.3 is 0 Å². The maximum atomic E-state index is 11.9. The van der Waals surface area contributed by atoms with E-state index in [1.54, 1.807) is 24.3 Å². The van der Waals surface area contributed by atoms with Crippen LogP contribution in [0.15, 0.2) is 24.3 Å². The fourth-order valence-electron chi connectivity index (χ4n) is 1.28. The summed E-state index contributed by atoms with van der Waals surface area (Å²) in [7, 11) is 0. The van der Waals surface area contributed by atoms with Crippen LogP contribution in [0, 0.1) is 0 Å². The fraction of sp³-hybridized carbons (Fsp3) is 0.455. The molecule has 0 radical (unpaired) electrons. The van der Waals surface area contributed by atoms with Gasteiger partial charge < -0.3 is 15.6 Å². The first-order chi connectivity index (χ1) is 7.63. The summed E-state index contributed by atoms with van der Waals surface area (Å²) >= 11 is 0. The highest BCUT2D eigenvalue weighted by Crippen LogP contribution is 2.18. The van der Waals surface area contributed by atoms with Crippen molar-refractivity contribution in [3.8, 4) is 5.75 Å². The van der Waals surface area contributed by atoms with Crippen molar-refractivity contribution in [3.63, 3.8) is 0 Å². The number of aliphatic hydroxyl groups excluding tert-OH is 1. The van der Waals surface area contributed by atoms with Crippen molar-refractivity contribution in [2.24, 2.45) is 5.73 Å². The van der Waals surface area contributed by atoms with Crippen LogP contribution in [0.1, 0.15) is 18.0 Å². The van der Waals surface area contributed by atoms with E-state index in [-0.39, 0.29) is 12.6 Å². The highest BCUT2D eigenvalue weighted by molar-refractivity contribution is 5.29. The van der Waals surface area contributed by atoms with E-state index in [9.17, 15) is 8.78 Å². The summed E-state index contributed by atoms with van der Waals surface area (Å²) in [6.07, 6.45) is -2.01. The molecule has 3 N–H and O–H groups in total. The SMILES string of the molecule is NC(CCO)c1ccc(OCC(F)F)cc1. The standard InChI is InChI=1S/C11H15F2NO2/c12-11(13)7-16-9-3-1-8(2-4-9)10(14)5-6-15/h1-4,10-11,15H,5-7,14H2. The van der Waals surface area contributed by atoms with Gasteiger partial charge in [0.05, 0.1) is 0 Å². The topological polar surface area (TPSA) is 55.5 Å². The van der Waals surface area contributed by atoms with Crippen LogP contribution in [0.3, 0.4) is 0 Å². The number of halogens is 2. The molecule has 0 bridgehead atoms. The lowest BCUT2D eigenvalue weighted by atomic mass is 10.1. The molecule has 1 aromatic rings. The normalized spacial score (nSPS) is 12.8. The zero-order valence-corrected chi connectivity index (χ0v) is 8.77. The Morgan fingerprint density at radius 1 is 1.25 bits per heavy atom. The average molecular weight is 231 g/mol. The number of aliphatic hydroxyl groups is 1. The number of rotatable bonds is 6. The van der Waals surface area contributed by atoms with Gasteiger partial charge in [0, 0.05) is 12.6 Å². The molecule has 0 aliphatic rings. The Kier molecular flexibility index (Phi) is 5.14. The van der Waals surface area contributed by atoms with Gasteiger partial charge in [0.15, 0.2) is 0 Å². The van der Waals surface area contributed by atoms with Crippen LogP contribution >= 0.6 is 0 Å². The molecule has 1 rings (SSSR count). The molecule has 0 aliphatic heterocycles. The van der Waals surface area contributed by atoms with Crippen molar-refractivity contribution in [3.05, 3.63) is 29.8 Å². The molecular weight excluding hydrogens is 216 g/mol. The molecule has 16 heavy (non-hydrogen) atoms. The maximum Gasteiger partial charge on any atom is 0.272 e. The largest absolute Gasteiger partial charge is 0.488 e. The second kappa shape index (κ2) is 6.40. The monoisotopic (exact) mass is 231 g/mol. The highest BCUT2D eigenvalue weighted by Gasteiger charge is 2.06. The minimum absolute atomic E-state index is 0.0187. The molecule has 0 fully saturated rings. The van der Waals surface area contributed by atoms with Crippen molar-refractivity contribution in [2.75, 3.05) is 13.2 Å². The van der Waals surface area contributed by atoms with Crippen LogP contribution in [0.4, 0.5) is 8.78 Å². The lowest BCUT2D eigenvalue weighted by Gasteiger charge is -2.11. The summed E-state index contributed by atoms with van der Waals surface area (Å²) in [4.78, 5) is 0. The highest BCUT2D eigenvalue weighted by atomic mass is 19.3. The van der Waals surface area contributed by atoms with Gasteiger partial charge in [-0.3, -0.25) is 0 Å². The number of benzene rings is 1. The summed E-state index contributed by atoms with van der Waals surface area (Å²) in [5, 5.41) is 8.71. The van der Waals surface area contributed by atoms with Gasteiger partial charge in [-0.2, -0.15) is 0 Å². The zero-order valence-electron chi connectivity index (χ0n) is 8.77. The Morgan fingerprint density at radius 2 is 1.88 bits per heavy atom. The summed E-state index contributed by atoms with van der Waals surface area (Å²) in [6, 6.07) is 6.36. The van der Waals surface area contributed by atoms with E-state index in [1.165, 1.54) is 0 Å². The van der Waals surface area contributed by atoms with Gasteiger partial charge in [-0.1, -0.05) is 12.1 Å². The van der Waals surface area contributed by atoms with Gasteiger partial charge in [0.25, 0.3) is 6.43 Å². The van der Waals surface area contributed by atoms with E-state index in [0.717, 1.165) is 5.56 Å². The minimum Gasteiger partial charge on any atom is -0.488 e. The van der Waals surface area contributed by atoms with Crippen LogP contribution in [0.2, 0.25) is 0 Å². The molecule has 0 saturated carbocycles. The summed E-state index contributed by atoms with van der Waals surface area (Å²) in [5.41, 5.74) is 6.60. The lowest BCUT2D eigenvalue weighted by molar-refractivity contribution is 0.0819. The second-order valence-corrected chi connectivity index (χ2v) is 3.39. The van der Waals surface area contributed by atoms with Crippen molar-refractivity contribution in [1.82, 2.24) is 0 Å². The number of alkyl halides is 2. The summed E-state index contributed by atoms with van der Waals surface area (Å²) < 4.78 is 28.5. The summed E-state index contributed by atoms with van der Waals surface area (Å²) in [6.45, 7) is -0.590. The van der Waals surface area contributed by atoms with Gasteiger partial charge in [0.1, 0.15) is 12.4 Å². The Balaban J connectivity index is 2.53. The Hall–Kier alpha value is -1.20. The molecule has 1 atom stereocenters. The molecule has 0 aliphatic carbocycles. The van der Waals surface area contributed by atoms with Crippen molar-refractivity contribution in [1.29, 1.82) is 0 Å². The Labute approximate surface area is 92.8 Å². The van der Waals surface area contributed by atoms with Crippen LogP contribution in [-0.2, 0) is 0 Å². The van der Waals surface area contributed by atoms with E-state index in [1.807, 2.05) is 0 Å². The zero-order chi connectivity index (χ0) is 12.0. The van der Waals surface area contributed by atoms with E-state index in [4.69, 9.17) is 15.6 Å². The maximum absolute atomic E-state index is 11.9. The molecule has 5 heteroatoms. The van der Waals surface area contributed by atoms with E-state index in [2.05, 4.69) is 0 Å². The molecule has 0 aromatic heterocycles. The fourth-order valence-corrected chi connectivity index (χ4v) is 1.28. The molecule has 0 saturated heterocycles. The van der Waals surface area contributed by atoms with E-state index < -0.39 is 13.0 Å². The van der Waals surface area contributed by atoms with Crippen LogP contribution in [0.5, 0.6) is 5.75 Å². The molecule has 1 unspecified atom stereocenters. The predicted molar refractivity (Wildman–Crippen MR) is 56.6 cm³/mol. The quantitative estimate of drug-likeness (QED) is 0.783. The smallest absolute Gasteiger partial charge is 0.272 e. The van der Waals surface area contributed by atoms with E-state index >= 15 is 0 Å². The van der Waals surface area contributed by atoms with Crippen LogP contribution in [0.25, 0.3) is 0 Å². The van der Waals surface area contributed by atoms with Crippen LogP contribution < -0.4 is 10.5 Å². The molecule has 0 spiro atoms. The predicted octanol–water partition coefficient (Wildman–Crippen LogP) is 1.71. The van der Waals surface area contributed by atoms with Crippen LogP contribution in [-0.4, -0.2) is 24.7 Å². The molecule has 1 aromatic carbocycles.